The molecule has 0 spiro atoms. The third kappa shape index (κ3) is 4.23. The van der Waals surface area contributed by atoms with Gasteiger partial charge in [-0.1, -0.05) is 17.8 Å². The third-order valence-corrected chi connectivity index (χ3v) is 5.34. The number of amides is 1. The van der Waals surface area contributed by atoms with Crippen LogP contribution in [0.1, 0.15) is 16.3 Å². The van der Waals surface area contributed by atoms with Crippen molar-refractivity contribution >= 4 is 34.7 Å². The molecule has 7 nitrogen and oxygen atoms in total. The van der Waals surface area contributed by atoms with Gasteiger partial charge in [0, 0.05) is 0 Å². The zero-order chi connectivity index (χ0) is 18.7. The number of aromatic nitrogens is 3. The van der Waals surface area contributed by atoms with E-state index in [9.17, 15) is 4.79 Å². The second-order valence-electron chi connectivity index (χ2n) is 5.56. The lowest BCUT2D eigenvalue weighted by molar-refractivity contribution is -0.113. The van der Waals surface area contributed by atoms with Crippen LogP contribution >= 0.6 is 23.1 Å². The predicted octanol–water partition coefficient (Wildman–Crippen LogP) is 3.86. The van der Waals surface area contributed by atoms with Crippen molar-refractivity contribution in [3.05, 3.63) is 34.5 Å². The quantitative estimate of drug-likeness (QED) is 0.639. The van der Waals surface area contributed by atoms with Crippen LogP contribution in [0.4, 0.5) is 5.69 Å². The van der Waals surface area contributed by atoms with E-state index in [1.165, 1.54) is 23.1 Å². The number of methoxy groups -OCH3 is 1. The summed E-state index contributed by atoms with van der Waals surface area (Å²) >= 11 is 2.69. The summed E-state index contributed by atoms with van der Waals surface area (Å²) in [6.45, 7) is 5.78. The molecule has 0 saturated heterocycles. The van der Waals surface area contributed by atoms with Crippen molar-refractivity contribution in [2.24, 2.45) is 0 Å². The van der Waals surface area contributed by atoms with Gasteiger partial charge in [-0.25, -0.2) is 4.98 Å². The van der Waals surface area contributed by atoms with Gasteiger partial charge in [0.15, 0.2) is 0 Å². The molecule has 9 heteroatoms. The van der Waals surface area contributed by atoms with Gasteiger partial charge in [0.25, 0.3) is 11.1 Å². The first kappa shape index (κ1) is 18.4. The summed E-state index contributed by atoms with van der Waals surface area (Å²) in [5, 5.41) is 12.2. The maximum Gasteiger partial charge on any atom is 0.277 e. The van der Waals surface area contributed by atoms with Crippen LogP contribution in [-0.4, -0.2) is 34.0 Å². The first-order chi connectivity index (χ1) is 12.5. The molecule has 0 unspecified atom stereocenters. The Kier molecular flexibility index (Phi) is 5.58. The van der Waals surface area contributed by atoms with Crippen molar-refractivity contribution in [1.82, 2.24) is 15.2 Å². The largest absolute Gasteiger partial charge is 0.495 e. The Labute approximate surface area is 159 Å². The molecule has 0 bridgehead atoms. The number of hydrogen-bond acceptors (Lipinski definition) is 8. The highest BCUT2D eigenvalue weighted by atomic mass is 32.2. The molecule has 0 aliphatic rings. The topological polar surface area (TPSA) is 90.1 Å². The van der Waals surface area contributed by atoms with Gasteiger partial charge in [0.1, 0.15) is 10.6 Å². The van der Waals surface area contributed by atoms with E-state index < -0.39 is 0 Å². The SMILES string of the molecule is COc1ccc(C)cc1NC(=O)CSc1nnc(-c2sc(C)nc2C)o1. The summed E-state index contributed by atoms with van der Waals surface area (Å²) in [7, 11) is 1.57. The zero-order valence-corrected chi connectivity index (χ0v) is 16.5. The molecule has 2 heterocycles. The summed E-state index contributed by atoms with van der Waals surface area (Å²) in [6, 6.07) is 5.61. The van der Waals surface area contributed by atoms with Crippen molar-refractivity contribution in [3.63, 3.8) is 0 Å². The van der Waals surface area contributed by atoms with Gasteiger partial charge in [-0.2, -0.15) is 0 Å². The lowest BCUT2D eigenvalue weighted by Crippen LogP contribution is -2.14. The summed E-state index contributed by atoms with van der Waals surface area (Å²) < 4.78 is 10.9. The fourth-order valence-electron chi connectivity index (χ4n) is 2.32. The van der Waals surface area contributed by atoms with Gasteiger partial charge >= 0.3 is 0 Å². The average molecular weight is 390 g/mol. The minimum Gasteiger partial charge on any atom is -0.495 e. The van der Waals surface area contributed by atoms with Crippen molar-refractivity contribution < 1.29 is 13.9 Å². The predicted molar refractivity (Wildman–Crippen MR) is 102 cm³/mol. The molecule has 1 N–H and O–H groups in total. The van der Waals surface area contributed by atoms with Crippen LogP contribution in [0.3, 0.4) is 0 Å². The smallest absolute Gasteiger partial charge is 0.277 e. The first-order valence-corrected chi connectivity index (χ1v) is 9.61. The van der Waals surface area contributed by atoms with E-state index in [1.807, 2.05) is 39.0 Å². The van der Waals surface area contributed by atoms with E-state index in [0.717, 1.165) is 21.1 Å². The normalized spacial score (nSPS) is 10.8. The van der Waals surface area contributed by atoms with Crippen LogP contribution in [0, 0.1) is 20.8 Å². The second-order valence-corrected chi connectivity index (χ2v) is 7.69. The van der Waals surface area contributed by atoms with Gasteiger partial charge in [-0.15, -0.1) is 21.5 Å². The van der Waals surface area contributed by atoms with E-state index >= 15 is 0 Å². The molecule has 1 aromatic carbocycles. The van der Waals surface area contributed by atoms with E-state index in [-0.39, 0.29) is 11.7 Å². The molecule has 0 atom stereocenters. The number of benzene rings is 1. The van der Waals surface area contributed by atoms with Crippen LogP contribution < -0.4 is 10.1 Å². The number of hydrogen-bond donors (Lipinski definition) is 1. The van der Waals surface area contributed by atoms with Gasteiger partial charge < -0.3 is 14.5 Å². The standard InChI is InChI=1S/C17H18N4O3S2/c1-9-5-6-13(23-4)12(7-9)19-14(22)8-25-17-21-20-16(24-17)15-10(2)18-11(3)26-15/h5-7H,8H2,1-4H3,(H,19,22). The maximum atomic E-state index is 12.2. The molecule has 3 aromatic rings. The van der Waals surface area contributed by atoms with Gasteiger partial charge in [0.05, 0.1) is 29.3 Å². The number of aryl methyl sites for hydroxylation is 3. The lowest BCUT2D eigenvalue weighted by Gasteiger charge is -2.10. The van der Waals surface area contributed by atoms with Crippen molar-refractivity contribution in [2.75, 3.05) is 18.2 Å². The zero-order valence-electron chi connectivity index (χ0n) is 14.8. The fourth-order valence-corrected chi connectivity index (χ4v) is 3.73. The Morgan fingerprint density at radius 2 is 2.12 bits per heavy atom. The Morgan fingerprint density at radius 1 is 1.31 bits per heavy atom. The maximum absolute atomic E-state index is 12.2. The number of thioether (sulfide) groups is 1. The van der Waals surface area contributed by atoms with E-state index in [1.54, 1.807) is 7.11 Å². The summed E-state index contributed by atoms with van der Waals surface area (Å²) in [5.74, 6) is 1.02. The number of anilines is 1. The van der Waals surface area contributed by atoms with E-state index in [0.29, 0.717) is 22.6 Å². The summed E-state index contributed by atoms with van der Waals surface area (Å²) in [5.41, 5.74) is 2.53. The Balaban J connectivity index is 1.62. The van der Waals surface area contributed by atoms with Gasteiger partial charge in [-0.05, 0) is 38.5 Å². The molecule has 0 aliphatic carbocycles. The highest BCUT2D eigenvalue weighted by molar-refractivity contribution is 7.99. The van der Waals surface area contributed by atoms with Crippen molar-refractivity contribution in [2.45, 2.75) is 26.0 Å². The number of carbonyl (C=O) groups excluding carboxylic acids is 1. The van der Waals surface area contributed by atoms with E-state index in [2.05, 4.69) is 20.5 Å². The number of ether oxygens (including phenoxy) is 1. The van der Waals surface area contributed by atoms with Crippen LogP contribution in [0.15, 0.2) is 27.8 Å². The monoisotopic (exact) mass is 390 g/mol. The molecule has 0 saturated carbocycles. The van der Waals surface area contributed by atoms with Gasteiger partial charge in [-0.3, -0.25) is 4.79 Å². The molecule has 0 radical (unpaired) electrons. The number of nitrogens with zero attached hydrogens (tertiary/aromatic N) is 3. The lowest BCUT2D eigenvalue weighted by atomic mass is 10.2. The third-order valence-electron chi connectivity index (χ3n) is 3.46. The molecule has 2 aromatic heterocycles. The summed E-state index contributed by atoms with van der Waals surface area (Å²) in [4.78, 5) is 17.4. The highest BCUT2D eigenvalue weighted by Crippen LogP contribution is 2.31. The molecular formula is C17H18N4O3S2. The molecular weight excluding hydrogens is 372 g/mol. The first-order valence-electron chi connectivity index (χ1n) is 7.81. The fraction of sp³-hybridized carbons (Fsp3) is 0.294. The van der Waals surface area contributed by atoms with Crippen molar-refractivity contribution in [3.8, 4) is 16.5 Å². The van der Waals surface area contributed by atoms with Crippen LogP contribution in [0.2, 0.25) is 0 Å². The number of nitrogens with one attached hydrogen (secondary N) is 1. The van der Waals surface area contributed by atoms with Crippen molar-refractivity contribution in [1.29, 1.82) is 0 Å². The molecule has 0 aliphatic heterocycles. The minimum atomic E-state index is -0.177. The van der Waals surface area contributed by atoms with E-state index in [4.69, 9.17) is 9.15 Å². The van der Waals surface area contributed by atoms with Gasteiger partial charge in [0.2, 0.25) is 5.91 Å². The van der Waals surface area contributed by atoms with Crippen LogP contribution in [0.5, 0.6) is 5.75 Å². The number of carbonyl (C=O) groups is 1. The molecule has 1 amide bonds. The molecule has 3 rings (SSSR count). The Morgan fingerprint density at radius 3 is 2.81 bits per heavy atom. The summed E-state index contributed by atoms with van der Waals surface area (Å²) in [6.07, 6.45) is 0. The Hall–Kier alpha value is -2.39. The highest BCUT2D eigenvalue weighted by Gasteiger charge is 2.16. The molecule has 0 fully saturated rings. The molecule has 136 valence electrons. The number of thiazole rings is 1. The average Bonchev–Trinajstić information content (AvgIpc) is 3.19. The minimum absolute atomic E-state index is 0.152. The van der Waals surface area contributed by atoms with Crippen LogP contribution in [-0.2, 0) is 4.79 Å². The number of rotatable bonds is 6. The van der Waals surface area contributed by atoms with Crippen LogP contribution in [0.25, 0.3) is 10.8 Å². The Bertz CT molecular complexity index is 936. The molecule has 26 heavy (non-hydrogen) atoms. The second kappa shape index (κ2) is 7.88.